The quantitative estimate of drug-likeness (QED) is 0.827. The summed E-state index contributed by atoms with van der Waals surface area (Å²) in [6.07, 6.45) is 4.61. The van der Waals surface area contributed by atoms with Gasteiger partial charge in [-0.3, -0.25) is 14.3 Å². The molecule has 0 aromatic carbocycles. The fourth-order valence-electron chi connectivity index (χ4n) is 2.11. The van der Waals surface area contributed by atoms with Crippen molar-refractivity contribution < 1.29 is 9.59 Å². The van der Waals surface area contributed by atoms with Crippen LogP contribution in [-0.4, -0.2) is 28.1 Å². The Hall–Kier alpha value is -1.85. The Kier molecular flexibility index (Phi) is 3.96. The highest BCUT2D eigenvalue weighted by Gasteiger charge is 2.23. The molecule has 2 rings (SSSR count). The lowest BCUT2D eigenvalue weighted by molar-refractivity contribution is -0.128. The minimum Gasteiger partial charge on any atom is -0.356 e. The number of carbonyl (C=O) groups excluding carboxylic acids is 2. The lowest BCUT2D eigenvalue weighted by atomic mass is 9.98. The van der Waals surface area contributed by atoms with Gasteiger partial charge in [-0.1, -0.05) is 6.42 Å². The molecule has 0 bridgehead atoms. The standard InChI is InChI=1S/C12H18N4O2/c1-16-10(5-7-14-16)15-11(17)8-9-4-2-3-6-13-12(9)18/h5,7,9H,2-4,6,8H2,1H3,(H,13,18)(H,15,17). The van der Waals surface area contributed by atoms with E-state index in [0.717, 1.165) is 25.8 Å². The highest BCUT2D eigenvalue weighted by Crippen LogP contribution is 2.17. The molecule has 1 aliphatic rings. The second-order valence-electron chi connectivity index (χ2n) is 4.58. The molecule has 2 amide bonds. The molecular weight excluding hydrogens is 232 g/mol. The zero-order valence-corrected chi connectivity index (χ0v) is 10.5. The predicted octanol–water partition coefficient (Wildman–Crippen LogP) is 0.665. The Morgan fingerprint density at radius 1 is 1.61 bits per heavy atom. The molecular formula is C12H18N4O2. The van der Waals surface area contributed by atoms with Gasteiger partial charge in [-0.2, -0.15) is 5.10 Å². The van der Waals surface area contributed by atoms with Crippen molar-refractivity contribution in [1.29, 1.82) is 0 Å². The van der Waals surface area contributed by atoms with Crippen molar-refractivity contribution in [2.45, 2.75) is 25.7 Å². The number of rotatable bonds is 3. The summed E-state index contributed by atoms with van der Waals surface area (Å²) in [5.41, 5.74) is 0. The Balaban J connectivity index is 1.90. The number of aryl methyl sites for hydroxylation is 1. The van der Waals surface area contributed by atoms with Gasteiger partial charge in [-0.25, -0.2) is 0 Å². The van der Waals surface area contributed by atoms with Gasteiger partial charge in [0.15, 0.2) is 0 Å². The van der Waals surface area contributed by atoms with Crippen LogP contribution in [0.5, 0.6) is 0 Å². The zero-order chi connectivity index (χ0) is 13.0. The van der Waals surface area contributed by atoms with Crippen LogP contribution in [-0.2, 0) is 16.6 Å². The maximum atomic E-state index is 11.9. The van der Waals surface area contributed by atoms with E-state index in [4.69, 9.17) is 0 Å². The first-order chi connectivity index (χ1) is 8.66. The molecule has 1 unspecified atom stereocenters. The summed E-state index contributed by atoms with van der Waals surface area (Å²) in [6.45, 7) is 0.721. The maximum Gasteiger partial charge on any atom is 0.226 e. The van der Waals surface area contributed by atoms with Crippen molar-refractivity contribution in [2.24, 2.45) is 13.0 Å². The molecule has 2 N–H and O–H groups in total. The summed E-state index contributed by atoms with van der Waals surface area (Å²) in [4.78, 5) is 23.6. The van der Waals surface area contributed by atoms with Gasteiger partial charge >= 0.3 is 0 Å². The normalized spacial score (nSPS) is 20.1. The number of amides is 2. The van der Waals surface area contributed by atoms with Crippen LogP contribution >= 0.6 is 0 Å². The summed E-state index contributed by atoms with van der Waals surface area (Å²) in [5.74, 6) is 0.295. The van der Waals surface area contributed by atoms with Gasteiger partial charge in [0, 0.05) is 32.0 Å². The zero-order valence-electron chi connectivity index (χ0n) is 10.5. The van der Waals surface area contributed by atoms with Gasteiger partial charge in [0.1, 0.15) is 5.82 Å². The van der Waals surface area contributed by atoms with Crippen LogP contribution in [0.1, 0.15) is 25.7 Å². The van der Waals surface area contributed by atoms with E-state index in [1.54, 1.807) is 24.0 Å². The second-order valence-corrected chi connectivity index (χ2v) is 4.58. The first-order valence-electron chi connectivity index (χ1n) is 6.22. The molecule has 98 valence electrons. The molecule has 1 atom stereocenters. The monoisotopic (exact) mass is 250 g/mol. The molecule has 0 saturated carbocycles. The molecule has 1 aromatic heterocycles. The fraction of sp³-hybridized carbons (Fsp3) is 0.583. The Labute approximate surface area is 106 Å². The van der Waals surface area contributed by atoms with Crippen molar-refractivity contribution in [3.8, 4) is 0 Å². The molecule has 18 heavy (non-hydrogen) atoms. The lowest BCUT2D eigenvalue weighted by Crippen LogP contribution is -2.31. The molecule has 1 aromatic rings. The SMILES string of the molecule is Cn1nccc1NC(=O)CC1CCCCNC1=O. The number of hydrogen-bond donors (Lipinski definition) is 2. The molecule has 1 fully saturated rings. The van der Waals surface area contributed by atoms with E-state index >= 15 is 0 Å². The third kappa shape index (κ3) is 3.09. The number of anilines is 1. The highest BCUT2D eigenvalue weighted by atomic mass is 16.2. The summed E-state index contributed by atoms with van der Waals surface area (Å²) >= 11 is 0. The van der Waals surface area contributed by atoms with E-state index in [1.165, 1.54) is 0 Å². The van der Waals surface area contributed by atoms with E-state index in [2.05, 4.69) is 15.7 Å². The van der Waals surface area contributed by atoms with Crippen molar-refractivity contribution in [3.63, 3.8) is 0 Å². The van der Waals surface area contributed by atoms with Crippen LogP contribution in [0, 0.1) is 5.92 Å². The second kappa shape index (κ2) is 5.66. The third-order valence-electron chi connectivity index (χ3n) is 3.17. The highest BCUT2D eigenvalue weighted by molar-refractivity contribution is 5.93. The van der Waals surface area contributed by atoms with Gasteiger partial charge in [0.2, 0.25) is 11.8 Å². The minimum atomic E-state index is -0.208. The lowest BCUT2D eigenvalue weighted by Gasteiger charge is -2.12. The van der Waals surface area contributed by atoms with Crippen molar-refractivity contribution in [2.75, 3.05) is 11.9 Å². The maximum absolute atomic E-state index is 11.9. The van der Waals surface area contributed by atoms with Crippen LogP contribution in [0.25, 0.3) is 0 Å². The van der Waals surface area contributed by atoms with Crippen LogP contribution in [0.15, 0.2) is 12.3 Å². The van der Waals surface area contributed by atoms with E-state index in [-0.39, 0.29) is 24.2 Å². The number of nitrogens with one attached hydrogen (secondary N) is 2. The average molecular weight is 250 g/mol. The van der Waals surface area contributed by atoms with Gasteiger partial charge in [-0.05, 0) is 12.8 Å². The van der Waals surface area contributed by atoms with Crippen molar-refractivity contribution in [3.05, 3.63) is 12.3 Å². The largest absolute Gasteiger partial charge is 0.356 e. The average Bonchev–Trinajstić information content (AvgIpc) is 2.61. The molecule has 6 nitrogen and oxygen atoms in total. The Bertz CT molecular complexity index is 441. The van der Waals surface area contributed by atoms with Crippen molar-refractivity contribution in [1.82, 2.24) is 15.1 Å². The van der Waals surface area contributed by atoms with E-state index in [1.807, 2.05) is 0 Å². The van der Waals surface area contributed by atoms with Crippen LogP contribution < -0.4 is 10.6 Å². The van der Waals surface area contributed by atoms with Crippen molar-refractivity contribution >= 4 is 17.6 Å². The Morgan fingerprint density at radius 2 is 2.44 bits per heavy atom. The number of aromatic nitrogens is 2. The summed E-state index contributed by atoms with van der Waals surface area (Å²) in [7, 11) is 1.76. The molecule has 2 heterocycles. The van der Waals surface area contributed by atoms with Crippen LogP contribution in [0.2, 0.25) is 0 Å². The molecule has 0 spiro atoms. The third-order valence-corrected chi connectivity index (χ3v) is 3.17. The molecule has 0 aliphatic carbocycles. The first kappa shape index (κ1) is 12.6. The number of nitrogens with zero attached hydrogens (tertiary/aromatic N) is 2. The number of hydrogen-bond acceptors (Lipinski definition) is 3. The predicted molar refractivity (Wildman–Crippen MR) is 66.8 cm³/mol. The topological polar surface area (TPSA) is 76.0 Å². The van der Waals surface area contributed by atoms with Crippen LogP contribution in [0.4, 0.5) is 5.82 Å². The van der Waals surface area contributed by atoms with Gasteiger partial charge in [-0.15, -0.1) is 0 Å². The summed E-state index contributed by atoms with van der Waals surface area (Å²) in [6, 6.07) is 1.73. The van der Waals surface area contributed by atoms with Gasteiger partial charge in [0.05, 0.1) is 6.20 Å². The smallest absolute Gasteiger partial charge is 0.226 e. The van der Waals surface area contributed by atoms with Crippen LogP contribution in [0.3, 0.4) is 0 Å². The number of carbonyl (C=O) groups is 2. The fourth-order valence-corrected chi connectivity index (χ4v) is 2.11. The van der Waals surface area contributed by atoms with Gasteiger partial charge in [0.25, 0.3) is 0 Å². The molecule has 6 heteroatoms. The van der Waals surface area contributed by atoms with Gasteiger partial charge < -0.3 is 10.6 Å². The first-order valence-corrected chi connectivity index (χ1v) is 6.22. The summed E-state index contributed by atoms with van der Waals surface area (Å²) in [5, 5.41) is 9.56. The van der Waals surface area contributed by atoms with E-state index < -0.39 is 0 Å². The van der Waals surface area contributed by atoms with E-state index in [0.29, 0.717) is 5.82 Å². The van der Waals surface area contributed by atoms with E-state index in [9.17, 15) is 9.59 Å². The minimum absolute atomic E-state index is 0.00680. The molecule has 0 radical (unpaired) electrons. The Morgan fingerprint density at radius 3 is 3.17 bits per heavy atom. The summed E-state index contributed by atoms with van der Waals surface area (Å²) < 4.78 is 1.59. The molecule has 1 aliphatic heterocycles. The molecule has 1 saturated heterocycles.